The van der Waals surface area contributed by atoms with E-state index in [-0.39, 0.29) is 12.0 Å². The van der Waals surface area contributed by atoms with Gasteiger partial charge in [0, 0.05) is 5.57 Å². The Balaban J connectivity index is 3.41. The number of rotatable bonds is 4. The predicted octanol–water partition coefficient (Wildman–Crippen LogP) is -1.54. The van der Waals surface area contributed by atoms with E-state index in [0.717, 1.165) is 0 Å². The van der Waals surface area contributed by atoms with Crippen LogP contribution in [0.2, 0.25) is 0 Å². The summed E-state index contributed by atoms with van der Waals surface area (Å²) in [6, 6.07) is 0. The summed E-state index contributed by atoms with van der Waals surface area (Å²) in [7, 11) is 0. The Hall–Kier alpha value is -1.78. The third-order valence-electron chi connectivity index (χ3n) is 2.83. The highest BCUT2D eigenvalue weighted by Crippen LogP contribution is 2.28. The van der Waals surface area contributed by atoms with Crippen molar-refractivity contribution in [3.8, 4) is 0 Å². The largest absolute Gasteiger partial charge is 0.547 e. The maximum atomic E-state index is 11.2. The van der Waals surface area contributed by atoms with Crippen LogP contribution in [0.4, 0.5) is 0 Å². The SMILES string of the molecule is CCC1=C(C(=O)[O-])C(CC)(C(=O)[O-])NC=C1. The summed E-state index contributed by atoms with van der Waals surface area (Å²) in [4.78, 5) is 22.2. The smallest absolute Gasteiger partial charge is 0.104 e. The van der Waals surface area contributed by atoms with Gasteiger partial charge in [-0.2, -0.15) is 0 Å². The van der Waals surface area contributed by atoms with Crippen molar-refractivity contribution < 1.29 is 19.8 Å². The lowest BCUT2D eigenvalue weighted by Gasteiger charge is -2.40. The Morgan fingerprint density at radius 3 is 2.38 bits per heavy atom. The van der Waals surface area contributed by atoms with Gasteiger partial charge in [-0.05, 0) is 30.7 Å². The average molecular weight is 223 g/mol. The van der Waals surface area contributed by atoms with Crippen LogP contribution in [0, 0.1) is 0 Å². The van der Waals surface area contributed by atoms with E-state index >= 15 is 0 Å². The molecule has 0 spiro atoms. The molecule has 5 nitrogen and oxygen atoms in total. The van der Waals surface area contributed by atoms with E-state index < -0.39 is 17.5 Å². The third kappa shape index (κ3) is 1.68. The zero-order valence-electron chi connectivity index (χ0n) is 9.20. The van der Waals surface area contributed by atoms with Crippen molar-refractivity contribution in [2.24, 2.45) is 0 Å². The standard InChI is InChI=1S/C11H15NO4/c1-3-7-5-6-12-11(4-2,10(15)16)8(7)9(13)14/h5-6,12H,3-4H2,1-2H3,(H,13,14)(H,15,16)/p-2. The fourth-order valence-electron chi connectivity index (χ4n) is 1.90. The first kappa shape index (κ1) is 12.3. The summed E-state index contributed by atoms with van der Waals surface area (Å²) in [5, 5.41) is 24.8. The molecule has 0 saturated carbocycles. The van der Waals surface area contributed by atoms with Gasteiger partial charge in [0.05, 0.1) is 11.9 Å². The zero-order valence-corrected chi connectivity index (χ0v) is 9.20. The Kier molecular flexibility index (Phi) is 3.37. The molecule has 1 N–H and O–H groups in total. The second kappa shape index (κ2) is 4.38. The molecule has 0 amide bonds. The van der Waals surface area contributed by atoms with E-state index in [1.54, 1.807) is 19.9 Å². The van der Waals surface area contributed by atoms with Gasteiger partial charge in [0.2, 0.25) is 0 Å². The molecule has 1 atom stereocenters. The molecule has 16 heavy (non-hydrogen) atoms. The number of dihydropyridines is 1. The van der Waals surface area contributed by atoms with Gasteiger partial charge in [-0.1, -0.05) is 13.8 Å². The number of carbonyl (C=O) groups excluding carboxylic acids is 2. The minimum Gasteiger partial charge on any atom is -0.547 e. The van der Waals surface area contributed by atoms with Crippen molar-refractivity contribution in [3.05, 3.63) is 23.4 Å². The van der Waals surface area contributed by atoms with E-state index in [1.165, 1.54) is 6.20 Å². The minimum atomic E-state index is -1.68. The van der Waals surface area contributed by atoms with Gasteiger partial charge < -0.3 is 25.1 Å². The van der Waals surface area contributed by atoms with E-state index in [0.29, 0.717) is 12.0 Å². The lowest BCUT2D eigenvalue weighted by Crippen LogP contribution is -2.61. The molecule has 1 rings (SSSR count). The number of hydrogen-bond acceptors (Lipinski definition) is 5. The van der Waals surface area contributed by atoms with Crippen LogP contribution in [-0.4, -0.2) is 17.5 Å². The summed E-state index contributed by atoms with van der Waals surface area (Å²) >= 11 is 0. The first-order valence-corrected chi connectivity index (χ1v) is 5.10. The summed E-state index contributed by atoms with van der Waals surface area (Å²) in [5.74, 6) is -2.93. The highest BCUT2D eigenvalue weighted by molar-refractivity contribution is 5.99. The van der Waals surface area contributed by atoms with Gasteiger partial charge in [-0.25, -0.2) is 0 Å². The monoisotopic (exact) mass is 223 g/mol. The van der Waals surface area contributed by atoms with Crippen LogP contribution in [0.15, 0.2) is 23.4 Å². The first-order valence-electron chi connectivity index (χ1n) is 5.10. The minimum absolute atomic E-state index is 0.0759. The van der Waals surface area contributed by atoms with Crippen molar-refractivity contribution in [1.82, 2.24) is 5.32 Å². The second-order valence-electron chi connectivity index (χ2n) is 3.57. The van der Waals surface area contributed by atoms with Crippen molar-refractivity contribution in [2.75, 3.05) is 0 Å². The Labute approximate surface area is 93.5 Å². The maximum Gasteiger partial charge on any atom is 0.104 e. The third-order valence-corrected chi connectivity index (χ3v) is 2.83. The predicted molar refractivity (Wildman–Crippen MR) is 52.6 cm³/mol. The number of hydrogen-bond donors (Lipinski definition) is 1. The molecule has 1 heterocycles. The van der Waals surface area contributed by atoms with Gasteiger partial charge >= 0.3 is 0 Å². The zero-order chi connectivity index (χ0) is 12.3. The quantitative estimate of drug-likeness (QED) is 0.623. The van der Waals surface area contributed by atoms with E-state index in [4.69, 9.17) is 0 Å². The molecular formula is C11H13NO4-2. The Morgan fingerprint density at radius 1 is 1.38 bits per heavy atom. The van der Waals surface area contributed by atoms with Crippen LogP contribution in [0.25, 0.3) is 0 Å². The molecule has 0 saturated heterocycles. The maximum absolute atomic E-state index is 11.2. The van der Waals surface area contributed by atoms with Crippen LogP contribution >= 0.6 is 0 Å². The van der Waals surface area contributed by atoms with Gasteiger partial charge in [-0.3, -0.25) is 0 Å². The van der Waals surface area contributed by atoms with E-state index in [9.17, 15) is 19.8 Å². The molecule has 1 aliphatic heterocycles. The average Bonchev–Trinajstić information content (AvgIpc) is 2.26. The fraction of sp³-hybridized carbons (Fsp3) is 0.455. The molecular weight excluding hydrogens is 210 g/mol. The van der Waals surface area contributed by atoms with Crippen LogP contribution in [0.1, 0.15) is 26.7 Å². The van der Waals surface area contributed by atoms with Crippen molar-refractivity contribution in [2.45, 2.75) is 32.2 Å². The summed E-state index contributed by atoms with van der Waals surface area (Å²) in [5.41, 5.74) is -1.47. The number of nitrogens with one attached hydrogen (secondary N) is 1. The van der Waals surface area contributed by atoms with Gasteiger partial charge in [0.1, 0.15) is 5.54 Å². The van der Waals surface area contributed by atoms with Crippen LogP contribution in [0.3, 0.4) is 0 Å². The Bertz CT molecular complexity index is 383. The second-order valence-corrected chi connectivity index (χ2v) is 3.57. The molecule has 1 aliphatic rings. The van der Waals surface area contributed by atoms with Crippen molar-refractivity contribution in [1.29, 1.82) is 0 Å². The lowest BCUT2D eigenvalue weighted by atomic mass is 9.81. The van der Waals surface area contributed by atoms with Gasteiger partial charge in [-0.15, -0.1) is 0 Å². The lowest BCUT2D eigenvalue weighted by molar-refractivity contribution is -0.317. The molecule has 0 aliphatic carbocycles. The van der Waals surface area contributed by atoms with Crippen LogP contribution < -0.4 is 15.5 Å². The molecule has 88 valence electrons. The molecule has 0 aromatic rings. The molecule has 5 heteroatoms. The van der Waals surface area contributed by atoms with Crippen LogP contribution in [-0.2, 0) is 9.59 Å². The molecule has 0 aromatic carbocycles. The number of aliphatic carboxylic acids is 2. The number of allylic oxidation sites excluding steroid dienone is 2. The van der Waals surface area contributed by atoms with Gasteiger partial charge in [0.25, 0.3) is 0 Å². The van der Waals surface area contributed by atoms with Crippen molar-refractivity contribution >= 4 is 11.9 Å². The normalized spacial score (nSPS) is 24.1. The van der Waals surface area contributed by atoms with E-state index in [1.807, 2.05) is 0 Å². The summed E-state index contributed by atoms with van der Waals surface area (Å²) in [6.07, 6.45) is 3.48. The fourth-order valence-corrected chi connectivity index (χ4v) is 1.90. The first-order chi connectivity index (χ1) is 7.49. The highest BCUT2D eigenvalue weighted by atomic mass is 16.4. The van der Waals surface area contributed by atoms with Crippen LogP contribution in [0.5, 0.6) is 0 Å². The number of carboxylic acids is 2. The van der Waals surface area contributed by atoms with E-state index in [2.05, 4.69) is 5.32 Å². The topological polar surface area (TPSA) is 92.3 Å². The number of carboxylic acid groups (broad SMARTS) is 2. The molecule has 0 aromatic heterocycles. The summed E-state index contributed by atoms with van der Waals surface area (Å²) in [6.45, 7) is 3.34. The number of carbonyl (C=O) groups is 2. The molecule has 0 radical (unpaired) electrons. The molecule has 1 unspecified atom stereocenters. The Morgan fingerprint density at radius 2 is 2.00 bits per heavy atom. The summed E-state index contributed by atoms with van der Waals surface area (Å²) < 4.78 is 0. The highest BCUT2D eigenvalue weighted by Gasteiger charge is 2.37. The molecule has 0 fully saturated rings. The molecule has 0 bridgehead atoms. The van der Waals surface area contributed by atoms with Crippen molar-refractivity contribution in [3.63, 3.8) is 0 Å². The van der Waals surface area contributed by atoms with Gasteiger partial charge in [0.15, 0.2) is 0 Å².